The molecule has 0 amide bonds. The summed E-state index contributed by atoms with van der Waals surface area (Å²) in [6, 6.07) is 0. The second kappa shape index (κ2) is 10.4. The van der Waals surface area contributed by atoms with Crippen molar-refractivity contribution in [1.29, 1.82) is 0 Å². The minimum Gasteiger partial charge on any atom is -0.179 e. The lowest BCUT2D eigenvalue weighted by atomic mass is 10.6. The second-order valence-electron chi connectivity index (χ2n) is 0.976. The van der Waals surface area contributed by atoms with Gasteiger partial charge in [-0.3, -0.25) is 0 Å². The highest BCUT2D eigenvalue weighted by atomic mass is 32.1. The Morgan fingerprint density at radius 2 is 1.75 bits per heavy atom. The van der Waals surface area contributed by atoms with Crippen LogP contribution >= 0.6 is 20.9 Å². The van der Waals surface area contributed by atoms with Gasteiger partial charge in [-0.05, 0) is 12.2 Å². The molecule has 50 valence electrons. The molecule has 0 spiro atoms. The van der Waals surface area contributed by atoms with Gasteiger partial charge in [0, 0.05) is 4.57 Å². The molecule has 0 rings (SSSR count). The van der Waals surface area contributed by atoms with E-state index in [1.54, 1.807) is 0 Å². The standard InChI is InChI=1S/C3H8S.HO3P/c1-2-3-4;1-4(2)3/h4H,2-3H2,1H3;(H-,1,2,3)/p+1. The first-order valence-corrected chi connectivity index (χ1v) is 3.90. The Balaban J connectivity index is 0. The Morgan fingerprint density at radius 1 is 1.62 bits per heavy atom. The van der Waals surface area contributed by atoms with Crippen molar-refractivity contribution in [2.75, 3.05) is 5.75 Å². The summed E-state index contributed by atoms with van der Waals surface area (Å²) in [4.78, 5) is 14.2. The highest BCUT2D eigenvalue weighted by Gasteiger charge is 1.93. The molecule has 0 saturated heterocycles. The first kappa shape index (κ1) is 11.2. The lowest BCUT2D eigenvalue weighted by Crippen LogP contribution is -1.56. The molecular weight excluding hydrogens is 147 g/mol. The summed E-state index contributed by atoms with van der Waals surface area (Å²) in [5.74, 6) is 1.01. The van der Waals surface area contributed by atoms with Crippen LogP contribution in [0.2, 0.25) is 0 Å². The smallest absolute Gasteiger partial charge is 0.179 e. The highest BCUT2D eigenvalue weighted by Crippen LogP contribution is 1.98. The Bertz CT molecular complexity index is 52.5. The highest BCUT2D eigenvalue weighted by molar-refractivity contribution is 7.80. The molecule has 0 aromatic heterocycles. The fraction of sp³-hybridized carbons (Fsp3) is 1.00. The summed E-state index contributed by atoms with van der Waals surface area (Å²) in [6.45, 7) is 2.10. The van der Waals surface area contributed by atoms with Gasteiger partial charge in [0.2, 0.25) is 0 Å². The SMILES string of the molecule is CCCS.O=[P+](O)O. The van der Waals surface area contributed by atoms with Gasteiger partial charge in [-0.1, -0.05) is 6.92 Å². The van der Waals surface area contributed by atoms with Gasteiger partial charge in [0.1, 0.15) is 0 Å². The molecule has 0 aromatic rings. The van der Waals surface area contributed by atoms with E-state index in [-0.39, 0.29) is 0 Å². The molecule has 8 heavy (non-hydrogen) atoms. The van der Waals surface area contributed by atoms with Crippen LogP contribution < -0.4 is 0 Å². The van der Waals surface area contributed by atoms with E-state index in [1.807, 2.05) is 0 Å². The normalized spacial score (nSPS) is 7.00. The summed E-state index contributed by atoms with van der Waals surface area (Å²) < 4.78 is 8.70. The molecule has 0 aliphatic heterocycles. The van der Waals surface area contributed by atoms with Crippen molar-refractivity contribution in [3.05, 3.63) is 0 Å². The average Bonchev–Trinajstić information content (AvgIpc) is 1.65. The number of hydrogen-bond donors (Lipinski definition) is 3. The van der Waals surface area contributed by atoms with Crippen LogP contribution in [0.1, 0.15) is 13.3 Å². The second-order valence-corrected chi connectivity index (χ2v) is 1.93. The Morgan fingerprint density at radius 3 is 1.75 bits per heavy atom. The largest absolute Gasteiger partial charge is 0.692 e. The van der Waals surface area contributed by atoms with Crippen LogP contribution in [-0.2, 0) is 4.57 Å². The van der Waals surface area contributed by atoms with Gasteiger partial charge in [-0.25, -0.2) is 0 Å². The van der Waals surface area contributed by atoms with Crippen molar-refractivity contribution < 1.29 is 14.4 Å². The fourth-order valence-electron chi connectivity index (χ4n) is 0. The van der Waals surface area contributed by atoms with Gasteiger partial charge in [-0.2, -0.15) is 12.6 Å². The molecule has 0 fully saturated rings. The average molecular weight is 157 g/mol. The quantitative estimate of drug-likeness (QED) is 0.392. The summed E-state index contributed by atoms with van der Waals surface area (Å²) in [5.41, 5.74) is 0. The first-order valence-electron chi connectivity index (χ1n) is 2.11. The number of thiol groups is 1. The molecule has 0 atom stereocenters. The van der Waals surface area contributed by atoms with Crippen LogP contribution in [0, 0.1) is 0 Å². The van der Waals surface area contributed by atoms with E-state index >= 15 is 0 Å². The fourth-order valence-corrected chi connectivity index (χ4v) is 0. The molecule has 0 aromatic carbocycles. The lowest BCUT2D eigenvalue weighted by Gasteiger charge is -1.67. The molecule has 0 aliphatic rings. The molecule has 0 bridgehead atoms. The van der Waals surface area contributed by atoms with E-state index < -0.39 is 8.25 Å². The molecule has 0 saturated carbocycles. The summed E-state index contributed by atoms with van der Waals surface area (Å²) in [6.07, 6.45) is 1.18. The van der Waals surface area contributed by atoms with Crippen molar-refractivity contribution in [3.8, 4) is 0 Å². The maximum atomic E-state index is 8.70. The van der Waals surface area contributed by atoms with Crippen LogP contribution in [0.3, 0.4) is 0 Å². The van der Waals surface area contributed by atoms with Crippen molar-refractivity contribution in [2.45, 2.75) is 13.3 Å². The third-order valence-corrected chi connectivity index (χ3v) is 0.671. The number of hydrogen-bond acceptors (Lipinski definition) is 2. The zero-order valence-corrected chi connectivity index (χ0v) is 6.40. The molecule has 2 N–H and O–H groups in total. The lowest BCUT2D eigenvalue weighted by molar-refractivity contribution is 0.405. The van der Waals surface area contributed by atoms with Gasteiger partial charge in [-0.15, -0.1) is 9.79 Å². The maximum absolute atomic E-state index is 8.70. The van der Waals surface area contributed by atoms with Crippen molar-refractivity contribution >= 4 is 20.9 Å². The molecule has 0 unspecified atom stereocenters. The molecule has 3 nitrogen and oxygen atoms in total. The van der Waals surface area contributed by atoms with E-state index in [2.05, 4.69) is 19.6 Å². The van der Waals surface area contributed by atoms with E-state index in [4.69, 9.17) is 14.4 Å². The van der Waals surface area contributed by atoms with Crippen LogP contribution in [0.25, 0.3) is 0 Å². The maximum Gasteiger partial charge on any atom is 0.692 e. The summed E-state index contributed by atoms with van der Waals surface area (Å²) in [5, 5.41) is 0. The molecule has 0 radical (unpaired) electrons. The summed E-state index contributed by atoms with van der Waals surface area (Å²) >= 11 is 3.92. The number of rotatable bonds is 1. The molecule has 5 heteroatoms. The van der Waals surface area contributed by atoms with Crippen molar-refractivity contribution in [1.82, 2.24) is 0 Å². The van der Waals surface area contributed by atoms with Crippen LogP contribution in [-0.4, -0.2) is 15.5 Å². The third kappa shape index (κ3) is 97.9. The van der Waals surface area contributed by atoms with Crippen molar-refractivity contribution in [3.63, 3.8) is 0 Å². The van der Waals surface area contributed by atoms with E-state index in [0.717, 1.165) is 5.75 Å². The van der Waals surface area contributed by atoms with Gasteiger partial charge >= 0.3 is 8.25 Å². The van der Waals surface area contributed by atoms with Crippen LogP contribution in [0.5, 0.6) is 0 Å². The molecule has 0 aliphatic carbocycles. The van der Waals surface area contributed by atoms with Gasteiger partial charge in [0.05, 0.1) is 0 Å². The van der Waals surface area contributed by atoms with Gasteiger partial charge in [0.25, 0.3) is 0 Å². The minimum atomic E-state index is -2.87. The van der Waals surface area contributed by atoms with Crippen molar-refractivity contribution in [2.24, 2.45) is 0 Å². The van der Waals surface area contributed by atoms with E-state index in [9.17, 15) is 0 Å². The monoisotopic (exact) mass is 157 g/mol. The Hall–Kier alpha value is 0.370. The van der Waals surface area contributed by atoms with Gasteiger partial charge < -0.3 is 0 Å². The Labute approximate surface area is 55.1 Å². The predicted octanol–water partition coefficient (Wildman–Crippen LogP) is 0.955. The van der Waals surface area contributed by atoms with Crippen LogP contribution in [0.15, 0.2) is 0 Å². The molecule has 0 heterocycles. The van der Waals surface area contributed by atoms with E-state index in [0.29, 0.717) is 0 Å². The third-order valence-electron chi connectivity index (χ3n) is 0.224. The topological polar surface area (TPSA) is 57.5 Å². The Kier molecular flexibility index (Phi) is 14.5. The minimum absolute atomic E-state index is 1.01. The summed E-state index contributed by atoms with van der Waals surface area (Å²) in [7, 11) is -2.87. The first-order chi connectivity index (χ1) is 3.65. The van der Waals surface area contributed by atoms with Gasteiger partial charge in [0.15, 0.2) is 0 Å². The van der Waals surface area contributed by atoms with Crippen LogP contribution in [0.4, 0.5) is 0 Å². The zero-order chi connectivity index (χ0) is 6.99. The molecular formula is C3H10O3PS+. The van der Waals surface area contributed by atoms with E-state index in [1.165, 1.54) is 6.42 Å². The predicted molar refractivity (Wildman–Crippen MR) is 36.2 cm³/mol. The zero-order valence-electron chi connectivity index (χ0n) is 4.61.